The van der Waals surface area contributed by atoms with Crippen LogP contribution in [0.2, 0.25) is 0 Å². The van der Waals surface area contributed by atoms with Crippen LogP contribution in [0.25, 0.3) is 11.1 Å². The summed E-state index contributed by atoms with van der Waals surface area (Å²) in [6.07, 6.45) is 0. The van der Waals surface area contributed by atoms with Crippen molar-refractivity contribution >= 4 is 5.97 Å². The van der Waals surface area contributed by atoms with Crippen LogP contribution in [0.15, 0.2) is 72.8 Å². The highest BCUT2D eigenvalue weighted by atomic mass is 16.5. The second-order valence-electron chi connectivity index (χ2n) is 5.94. The summed E-state index contributed by atoms with van der Waals surface area (Å²) in [4.78, 5) is 10.4. The molecule has 0 atom stereocenters. The molecule has 0 saturated heterocycles. The smallest absolute Gasteiger partial charge is 0.382 e. The van der Waals surface area contributed by atoms with Gasteiger partial charge in [0.05, 0.1) is 0 Å². The van der Waals surface area contributed by atoms with Crippen molar-refractivity contribution in [2.24, 2.45) is 0 Å². The Kier molecular flexibility index (Phi) is 5.36. The van der Waals surface area contributed by atoms with Crippen LogP contribution in [-0.2, 0) is 11.4 Å². The van der Waals surface area contributed by atoms with Crippen molar-refractivity contribution in [3.63, 3.8) is 0 Å². The van der Waals surface area contributed by atoms with Crippen molar-refractivity contribution in [3.8, 4) is 28.7 Å². The maximum absolute atomic E-state index is 10.4. The topological polar surface area (TPSA) is 46.5 Å². The zero-order valence-corrected chi connectivity index (χ0v) is 14.4. The normalized spacial score (nSPS) is 9.88. The van der Waals surface area contributed by atoms with Crippen LogP contribution >= 0.6 is 0 Å². The summed E-state index contributed by atoms with van der Waals surface area (Å²) in [5, 5.41) is 8.56. The number of carboxylic acid groups (broad SMARTS) is 1. The third kappa shape index (κ3) is 4.75. The van der Waals surface area contributed by atoms with Gasteiger partial charge in [-0.3, -0.25) is 0 Å². The van der Waals surface area contributed by atoms with E-state index >= 15 is 0 Å². The number of aliphatic carboxylic acids is 1. The SMILES string of the molecule is Cc1cccc(-c2cccc(COc3ccc(C#CC(=O)O)cc3)c2)c1. The van der Waals surface area contributed by atoms with Gasteiger partial charge in [-0.25, -0.2) is 4.79 Å². The highest BCUT2D eigenvalue weighted by molar-refractivity contribution is 5.87. The predicted molar refractivity (Wildman–Crippen MR) is 102 cm³/mol. The van der Waals surface area contributed by atoms with Crippen molar-refractivity contribution in [2.45, 2.75) is 13.5 Å². The van der Waals surface area contributed by atoms with E-state index in [9.17, 15) is 4.79 Å². The number of ether oxygens (including phenoxy) is 1. The molecule has 0 aliphatic rings. The van der Waals surface area contributed by atoms with Gasteiger partial charge in [0.15, 0.2) is 0 Å². The van der Waals surface area contributed by atoms with Crippen LogP contribution in [0.1, 0.15) is 16.7 Å². The predicted octanol–water partition coefficient (Wildman–Crippen LogP) is 4.68. The first-order valence-electron chi connectivity index (χ1n) is 8.24. The van der Waals surface area contributed by atoms with Gasteiger partial charge in [-0.2, -0.15) is 0 Å². The molecule has 0 radical (unpaired) electrons. The number of carboxylic acids is 1. The average molecular weight is 342 g/mol. The van der Waals surface area contributed by atoms with Crippen molar-refractivity contribution < 1.29 is 14.6 Å². The minimum atomic E-state index is -1.14. The quantitative estimate of drug-likeness (QED) is 0.701. The molecule has 0 saturated carbocycles. The molecule has 3 rings (SSSR count). The fourth-order valence-corrected chi connectivity index (χ4v) is 2.59. The number of aryl methyl sites for hydroxylation is 1. The zero-order valence-electron chi connectivity index (χ0n) is 14.4. The lowest BCUT2D eigenvalue weighted by Gasteiger charge is -2.09. The van der Waals surface area contributed by atoms with E-state index in [4.69, 9.17) is 9.84 Å². The molecule has 0 aromatic heterocycles. The van der Waals surface area contributed by atoms with Crippen LogP contribution in [0, 0.1) is 18.8 Å². The minimum Gasteiger partial charge on any atom is -0.489 e. The third-order valence-corrected chi connectivity index (χ3v) is 3.85. The molecule has 0 fully saturated rings. The number of carbonyl (C=O) groups is 1. The Morgan fingerprint density at radius 3 is 2.35 bits per heavy atom. The summed E-state index contributed by atoms with van der Waals surface area (Å²) < 4.78 is 5.82. The summed E-state index contributed by atoms with van der Waals surface area (Å²) in [6, 6.07) is 23.8. The zero-order chi connectivity index (χ0) is 18.4. The standard InChI is InChI=1S/C23H18O3/c1-17-4-2-6-20(14-17)21-7-3-5-19(15-21)16-26-22-11-8-18(9-12-22)10-13-23(24)25/h2-9,11-12,14-15H,16H2,1H3,(H,24,25). The summed E-state index contributed by atoms with van der Waals surface area (Å²) >= 11 is 0. The monoisotopic (exact) mass is 342 g/mol. The lowest BCUT2D eigenvalue weighted by atomic mass is 10.0. The van der Waals surface area contributed by atoms with Crippen molar-refractivity contribution in [3.05, 3.63) is 89.5 Å². The largest absolute Gasteiger partial charge is 0.489 e. The fraction of sp³-hybridized carbons (Fsp3) is 0.0870. The molecule has 3 aromatic carbocycles. The molecule has 3 nitrogen and oxygen atoms in total. The van der Waals surface area contributed by atoms with Gasteiger partial charge in [-0.15, -0.1) is 0 Å². The Morgan fingerprint density at radius 1 is 0.962 bits per heavy atom. The number of benzene rings is 3. The van der Waals surface area contributed by atoms with E-state index < -0.39 is 5.97 Å². The molecule has 128 valence electrons. The van der Waals surface area contributed by atoms with Crippen molar-refractivity contribution in [1.82, 2.24) is 0 Å². The summed E-state index contributed by atoms with van der Waals surface area (Å²) in [6.45, 7) is 2.54. The Balaban J connectivity index is 1.68. The van der Waals surface area contributed by atoms with E-state index in [1.807, 2.05) is 12.1 Å². The Labute approximate surface area is 152 Å². The van der Waals surface area contributed by atoms with Gasteiger partial charge in [-0.05, 0) is 53.9 Å². The second kappa shape index (κ2) is 8.04. The lowest BCUT2D eigenvalue weighted by molar-refractivity contribution is -0.130. The minimum absolute atomic E-state index is 0.458. The van der Waals surface area contributed by atoms with Crippen LogP contribution in [-0.4, -0.2) is 11.1 Å². The molecule has 0 aliphatic carbocycles. The molecule has 3 aromatic rings. The van der Waals surface area contributed by atoms with Crippen molar-refractivity contribution in [2.75, 3.05) is 0 Å². The van der Waals surface area contributed by atoms with E-state index in [0.717, 1.165) is 11.1 Å². The van der Waals surface area contributed by atoms with E-state index in [2.05, 4.69) is 55.2 Å². The summed E-state index contributed by atoms with van der Waals surface area (Å²) in [5.74, 6) is 4.24. The van der Waals surface area contributed by atoms with Crippen LogP contribution in [0.4, 0.5) is 0 Å². The molecule has 1 N–H and O–H groups in total. The number of rotatable bonds is 4. The van der Waals surface area contributed by atoms with Gasteiger partial charge in [0.2, 0.25) is 0 Å². The van der Waals surface area contributed by atoms with E-state index in [-0.39, 0.29) is 0 Å². The van der Waals surface area contributed by atoms with Crippen LogP contribution < -0.4 is 4.74 Å². The molecule has 0 heterocycles. The van der Waals surface area contributed by atoms with Gasteiger partial charge in [0.1, 0.15) is 12.4 Å². The van der Waals surface area contributed by atoms with Gasteiger partial charge >= 0.3 is 5.97 Å². The first kappa shape index (κ1) is 17.3. The Bertz CT molecular complexity index is 976. The van der Waals surface area contributed by atoms with Gasteiger partial charge < -0.3 is 9.84 Å². The highest BCUT2D eigenvalue weighted by Crippen LogP contribution is 2.22. The average Bonchev–Trinajstić information content (AvgIpc) is 2.66. The number of hydrogen-bond acceptors (Lipinski definition) is 2. The summed E-state index contributed by atoms with van der Waals surface area (Å²) in [5.41, 5.74) is 5.30. The van der Waals surface area contributed by atoms with Crippen molar-refractivity contribution in [1.29, 1.82) is 0 Å². The second-order valence-corrected chi connectivity index (χ2v) is 5.94. The maximum Gasteiger partial charge on any atom is 0.382 e. The maximum atomic E-state index is 10.4. The summed E-state index contributed by atoms with van der Waals surface area (Å²) in [7, 11) is 0. The molecular formula is C23H18O3. The molecule has 0 bridgehead atoms. The van der Waals surface area contributed by atoms with Gasteiger partial charge in [0, 0.05) is 11.5 Å². The molecule has 0 aliphatic heterocycles. The van der Waals surface area contributed by atoms with Gasteiger partial charge in [-0.1, -0.05) is 53.9 Å². The first-order chi connectivity index (χ1) is 12.6. The van der Waals surface area contributed by atoms with E-state index in [1.54, 1.807) is 24.3 Å². The molecule has 0 amide bonds. The lowest BCUT2D eigenvalue weighted by Crippen LogP contribution is -1.96. The molecule has 3 heteroatoms. The van der Waals surface area contributed by atoms with Crippen LogP contribution in [0.5, 0.6) is 5.75 Å². The molecule has 0 unspecified atom stereocenters. The third-order valence-electron chi connectivity index (χ3n) is 3.85. The van der Waals surface area contributed by atoms with E-state index in [0.29, 0.717) is 17.9 Å². The highest BCUT2D eigenvalue weighted by Gasteiger charge is 2.01. The fourth-order valence-electron chi connectivity index (χ4n) is 2.59. The number of hydrogen-bond donors (Lipinski definition) is 1. The van der Waals surface area contributed by atoms with Gasteiger partial charge in [0.25, 0.3) is 0 Å². The Hall–Kier alpha value is -3.51. The molecule has 0 spiro atoms. The Morgan fingerprint density at radius 2 is 1.65 bits per heavy atom. The first-order valence-corrected chi connectivity index (χ1v) is 8.24. The van der Waals surface area contributed by atoms with Crippen LogP contribution in [0.3, 0.4) is 0 Å². The van der Waals surface area contributed by atoms with E-state index in [1.165, 1.54) is 11.1 Å². The molecule has 26 heavy (non-hydrogen) atoms. The molecular weight excluding hydrogens is 324 g/mol.